The summed E-state index contributed by atoms with van der Waals surface area (Å²) in [6.45, 7) is 4.76. The Hall–Kier alpha value is -7.20. The lowest BCUT2D eigenvalue weighted by Crippen LogP contribution is -2.74. The van der Waals surface area contributed by atoms with Gasteiger partial charge in [-0.2, -0.15) is 0 Å². The predicted molar refractivity (Wildman–Crippen MR) is 257 cm³/mol. The van der Waals surface area contributed by atoms with Crippen LogP contribution in [-0.4, -0.2) is 8.07 Å². The number of anilines is 3. The van der Waals surface area contributed by atoms with Crippen molar-refractivity contribution in [2.24, 2.45) is 0 Å². The van der Waals surface area contributed by atoms with E-state index in [0.717, 1.165) is 39.0 Å². The molecule has 0 radical (unpaired) electrons. The summed E-state index contributed by atoms with van der Waals surface area (Å²) in [6.07, 6.45) is 0. The van der Waals surface area contributed by atoms with Crippen molar-refractivity contribution >= 4 is 100 Å². The van der Waals surface area contributed by atoms with Gasteiger partial charge in [-0.15, -0.1) is 0 Å². The topological polar surface area (TPSA) is 16.4 Å². The van der Waals surface area contributed by atoms with E-state index in [4.69, 9.17) is 4.42 Å². The Bertz CT molecular complexity index is 3360. The minimum atomic E-state index is -2.76. The molecule has 3 heteroatoms. The van der Waals surface area contributed by atoms with Crippen molar-refractivity contribution in [2.45, 2.75) is 19.3 Å². The largest absolute Gasteiger partial charge is 0.456 e. The van der Waals surface area contributed by atoms with Gasteiger partial charge in [-0.25, -0.2) is 0 Å². The van der Waals surface area contributed by atoms with E-state index in [9.17, 15) is 0 Å². The highest BCUT2D eigenvalue weighted by molar-refractivity contribution is 7.20. The summed E-state index contributed by atoms with van der Waals surface area (Å²) >= 11 is 0. The van der Waals surface area contributed by atoms with Crippen molar-refractivity contribution in [2.75, 3.05) is 4.90 Å². The maximum atomic E-state index is 6.71. The monoisotopic (exact) mass is 783 g/mol. The zero-order valence-electron chi connectivity index (χ0n) is 33.6. The van der Waals surface area contributed by atoms with Crippen LogP contribution >= 0.6 is 0 Å². The summed E-state index contributed by atoms with van der Waals surface area (Å²) in [5.41, 5.74) is 7.78. The van der Waals surface area contributed by atoms with E-state index in [1.54, 1.807) is 0 Å². The van der Waals surface area contributed by atoms with Crippen molar-refractivity contribution in [1.29, 1.82) is 0 Å². The molecule has 1 heterocycles. The molecule has 12 rings (SSSR count). The Labute approximate surface area is 350 Å². The number of benzene rings is 10. The van der Waals surface area contributed by atoms with Gasteiger partial charge in [0.25, 0.3) is 0 Å². The molecule has 1 aliphatic rings. The normalized spacial score (nSPS) is 13.3. The molecule has 11 aromatic rings. The molecule has 0 aliphatic heterocycles. The second kappa shape index (κ2) is 13.2. The maximum absolute atomic E-state index is 6.71. The first-order chi connectivity index (χ1) is 29.5. The van der Waals surface area contributed by atoms with Gasteiger partial charge in [-0.3, -0.25) is 0 Å². The van der Waals surface area contributed by atoms with Crippen molar-refractivity contribution < 1.29 is 4.42 Å². The lowest BCUT2D eigenvalue weighted by molar-refractivity contribution is 0.663. The molecule has 0 bridgehead atoms. The first-order valence-corrected chi connectivity index (χ1v) is 22.9. The third kappa shape index (κ3) is 5.00. The highest BCUT2D eigenvalue weighted by Gasteiger charge is 2.42. The first-order valence-electron chi connectivity index (χ1n) is 20.9. The fourth-order valence-corrected chi connectivity index (χ4v) is 15.3. The molecular weight excluding hydrogens is 743 g/mol. The number of furan rings is 1. The molecule has 2 nitrogen and oxygen atoms in total. The number of nitrogens with zero attached hydrogens (tertiary/aromatic N) is 1. The molecular formula is C57H41NOSi. The molecule has 10 aromatic carbocycles. The quantitative estimate of drug-likeness (QED) is 0.0909. The van der Waals surface area contributed by atoms with E-state index >= 15 is 0 Å². The van der Waals surface area contributed by atoms with Gasteiger partial charge >= 0.3 is 0 Å². The standard InChI is InChI=1S/C57H41NOSi/c1-57(2)50-26-14-18-39-28-29-40-34-42(36-51(57)56(40)55(39)50)58(52-27-15-17-38-16-12-13-25-47(38)52)41-30-32-53-48(35-41)49-37-46(31-33-54(49)59-53)60(43-19-6-3-7-20-43,44-21-8-4-9-22-44)45-23-10-5-11-24-45/h3-37H,1-2H3. The first kappa shape index (κ1) is 34.8. The third-order valence-electron chi connectivity index (χ3n) is 13.3. The van der Waals surface area contributed by atoms with Crippen LogP contribution in [0.2, 0.25) is 0 Å². The van der Waals surface area contributed by atoms with Crippen LogP contribution in [0.4, 0.5) is 17.1 Å². The molecule has 1 aliphatic carbocycles. The van der Waals surface area contributed by atoms with Gasteiger partial charge in [0.2, 0.25) is 0 Å². The highest BCUT2D eigenvalue weighted by atomic mass is 28.3. The molecule has 0 atom stereocenters. The lowest BCUT2D eigenvalue weighted by atomic mass is 9.81. The second-order valence-electron chi connectivity index (χ2n) is 16.9. The minimum Gasteiger partial charge on any atom is -0.456 e. The van der Waals surface area contributed by atoms with Crippen molar-refractivity contribution in [3.8, 4) is 0 Å². The van der Waals surface area contributed by atoms with E-state index < -0.39 is 8.07 Å². The van der Waals surface area contributed by atoms with Crippen molar-refractivity contribution in [3.63, 3.8) is 0 Å². The molecule has 0 N–H and O–H groups in total. The number of rotatable bonds is 7. The Balaban J connectivity index is 1.12. The minimum absolute atomic E-state index is 0.143. The van der Waals surface area contributed by atoms with Gasteiger partial charge in [-0.05, 0) is 101 Å². The van der Waals surface area contributed by atoms with Gasteiger partial charge in [0.1, 0.15) is 11.2 Å². The molecule has 0 unspecified atom stereocenters. The van der Waals surface area contributed by atoms with Crippen molar-refractivity contribution in [1.82, 2.24) is 0 Å². The molecule has 284 valence electrons. The molecule has 1 aromatic heterocycles. The van der Waals surface area contributed by atoms with Crippen LogP contribution in [0.25, 0.3) is 54.3 Å². The van der Waals surface area contributed by atoms with Crippen LogP contribution in [-0.2, 0) is 5.41 Å². The Morgan fingerprint density at radius 2 is 0.950 bits per heavy atom. The van der Waals surface area contributed by atoms with Gasteiger partial charge in [0.05, 0.1) is 5.69 Å². The Morgan fingerprint density at radius 3 is 1.67 bits per heavy atom. The molecule has 0 spiro atoms. The summed E-state index contributed by atoms with van der Waals surface area (Å²) < 4.78 is 6.71. The zero-order chi connectivity index (χ0) is 40.0. The SMILES string of the molecule is CC1(C)c2cccc3ccc4cc(N(c5ccc6oc7ccc([Si](c8ccccc8)(c8ccccc8)c8ccccc8)cc7c6c5)c5cccc6ccccc56)cc1c4c23. The highest BCUT2D eigenvalue weighted by Crippen LogP contribution is 2.51. The summed E-state index contributed by atoms with van der Waals surface area (Å²) in [4.78, 5) is 2.47. The fourth-order valence-electron chi connectivity index (χ4n) is 10.5. The van der Waals surface area contributed by atoms with Crippen LogP contribution in [0.5, 0.6) is 0 Å². The summed E-state index contributed by atoms with van der Waals surface area (Å²) in [6, 6.07) is 78.8. The van der Waals surface area contributed by atoms with Gasteiger partial charge in [0.15, 0.2) is 8.07 Å². The third-order valence-corrected chi connectivity index (χ3v) is 18.1. The summed E-state index contributed by atoms with van der Waals surface area (Å²) in [5.74, 6) is 0. The maximum Gasteiger partial charge on any atom is 0.179 e. The smallest absolute Gasteiger partial charge is 0.179 e. The van der Waals surface area contributed by atoms with E-state index in [0.29, 0.717) is 0 Å². The molecule has 0 saturated heterocycles. The van der Waals surface area contributed by atoms with E-state index in [1.165, 1.54) is 64.2 Å². The number of hydrogen-bond donors (Lipinski definition) is 0. The average molecular weight is 784 g/mol. The number of fused-ring (bicyclic) bond motifs is 4. The Morgan fingerprint density at radius 1 is 0.383 bits per heavy atom. The van der Waals surface area contributed by atoms with Crippen LogP contribution in [0.3, 0.4) is 0 Å². The Kier molecular flexibility index (Phi) is 7.63. The van der Waals surface area contributed by atoms with Gasteiger partial charge in [0, 0.05) is 32.9 Å². The van der Waals surface area contributed by atoms with Crippen LogP contribution < -0.4 is 25.6 Å². The van der Waals surface area contributed by atoms with E-state index in [1.807, 2.05) is 0 Å². The van der Waals surface area contributed by atoms with Crippen LogP contribution in [0.15, 0.2) is 217 Å². The molecule has 0 saturated carbocycles. The van der Waals surface area contributed by atoms with Crippen LogP contribution in [0, 0.1) is 0 Å². The molecule has 0 amide bonds. The lowest BCUT2D eigenvalue weighted by Gasteiger charge is -2.34. The average Bonchev–Trinajstić information content (AvgIpc) is 3.78. The van der Waals surface area contributed by atoms with Gasteiger partial charge < -0.3 is 9.32 Å². The molecule has 0 fully saturated rings. The zero-order valence-corrected chi connectivity index (χ0v) is 34.6. The summed E-state index contributed by atoms with van der Waals surface area (Å²) in [5, 5.41) is 15.4. The fraction of sp³-hybridized carbons (Fsp3) is 0.0526. The summed E-state index contributed by atoms with van der Waals surface area (Å²) in [7, 11) is -2.76. The van der Waals surface area contributed by atoms with Crippen LogP contribution in [0.1, 0.15) is 25.0 Å². The number of hydrogen-bond acceptors (Lipinski definition) is 2. The van der Waals surface area contributed by atoms with Gasteiger partial charge in [-0.1, -0.05) is 184 Å². The van der Waals surface area contributed by atoms with E-state index in [-0.39, 0.29) is 5.41 Å². The predicted octanol–water partition coefficient (Wildman–Crippen LogP) is 12.5. The van der Waals surface area contributed by atoms with Crippen molar-refractivity contribution in [3.05, 3.63) is 223 Å². The van der Waals surface area contributed by atoms with E-state index in [2.05, 4.69) is 231 Å². The second-order valence-corrected chi connectivity index (χ2v) is 20.7. The molecule has 60 heavy (non-hydrogen) atoms.